The summed E-state index contributed by atoms with van der Waals surface area (Å²) in [5, 5.41) is 9.30. The van der Waals surface area contributed by atoms with Crippen LogP contribution in [0, 0.1) is 5.82 Å². The minimum absolute atomic E-state index is 0.0708. The van der Waals surface area contributed by atoms with Crippen LogP contribution >= 0.6 is 0 Å². The molecule has 2 bridgehead atoms. The number of hydrogen-bond donors (Lipinski definition) is 1. The zero-order chi connectivity index (χ0) is 24.4. The van der Waals surface area contributed by atoms with E-state index in [1.807, 2.05) is 17.0 Å². The van der Waals surface area contributed by atoms with Gasteiger partial charge in [-0.1, -0.05) is 24.3 Å². The van der Waals surface area contributed by atoms with Gasteiger partial charge in [-0.3, -0.25) is 9.69 Å². The van der Waals surface area contributed by atoms with Gasteiger partial charge in [0.2, 0.25) is 5.95 Å². The normalized spacial score (nSPS) is 23.5. The molecule has 1 saturated carbocycles. The summed E-state index contributed by atoms with van der Waals surface area (Å²) in [5.41, 5.74) is 4.19. The number of fused-ring (bicyclic) bond motifs is 4. The first-order valence-electron chi connectivity index (χ1n) is 12.7. The van der Waals surface area contributed by atoms with Crippen molar-refractivity contribution >= 4 is 17.5 Å². The van der Waals surface area contributed by atoms with Gasteiger partial charge in [0.1, 0.15) is 5.82 Å². The molecule has 1 spiro atoms. The lowest BCUT2D eigenvalue weighted by Crippen LogP contribution is -2.49. The molecule has 8 heteroatoms. The van der Waals surface area contributed by atoms with E-state index in [0.29, 0.717) is 35.2 Å². The summed E-state index contributed by atoms with van der Waals surface area (Å²) in [7, 11) is 0. The van der Waals surface area contributed by atoms with Crippen molar-refractivity contribution in [3.63, 3.8) is 0 Å². The van der Waals surface area contributed by atoms with Gasteiger partial charge in [-0.05, 0) is 43.0 Å². The Kier molecular flexibility index (Phi) is 4.91. The Morgan fingerprint density at radius 2 is 1.89 bits per heavy atom. The van der Waals surface area contributed by atoms with E-state index in [1.165, 1.54) is 11.6 Å². The van der Waals surface area contributed by atoms with Gasteiger partial charge in [0.05, 0.1) is 6.61 Å². The van der Waals surface area contributed by atoms with E-state index in [-0.39, 0.29) is 29.8 Å². The average Bonchev–Trinajstić information content (AvgIpc) is 3.24. The summed E-state index contributed by atoms with van der Waals surface area (Å²) >= 11 is 0. The van der Waals surface area contributed by atoms with Gasteiger partial charge in [-0.15, -0.1) is 0 Å². The standard InChI is InChI=1S/C28H28FN5O2/c29-24-4-2-1-3-22(24)19-13-30-27(31-14-19)34-17-28(7-8-28)23-6-5-18(11-25(23)34)26(36)33-16-20-12-21(33)15-32(20)9-10-35/h1-6,11,13-14,20-21,35H,7-10,12,15-17H2. The molecule has 4 aliphatic rings. The van der Waals surface area contributed by atoms with Crippen molar-refractivity contribution in [1.82, 2.24) is 19.8 Å². The number of hydrogen-bond acceptors (Lipinski definition) is 6. The SMILES string of the molecule is O=C(c1ccc2c(c1)N(c1ncc(-c3ccccc3F)cn1)CC21CC1)N1CC2CC1CN2CCO. The lowest BCUT2D eigenvalue weighted by Gasteiger charge is -2.34. The zero-order valence-corrected chi connectivity index (χ0v) is 20.0. The van der Waals surface area contributed by atoms with Crippen LogP contribution in [-0.2, 0) is 5.41 Å². The number of carbonyl (C=O) groups is 1. The molecule has 1 aliphatic carbocycles. The molecule has 1 N–H and O–H groups in total. The van der Waals surface area contributed by atoms with Crippen molar-refractivity contribution in [3.8, 4) is 11.1 Å². The van der Waals surface area contributed by atoms with E-state index in [2.05, 4.69) is 25.8 Å². The van der Waals surface area contributed by atoms with Crippen molar-refractivity contribution < 1.29 is 14.3 Å². The van der Waals surface area contributed by atoms with E-state index in [9.17, 15) is 14.3 Å². The second-order valence-electron chi connectivity index (χ2n) is 10.6. The number of β-amino-alcohol motifs (C(OH)–C–C–N with tert-alkyl or cyclic N) is 1. The van der Waals surface area contributed by atoms with Crippen LogP contribution in [-0.4, -0.2) is 75.7 Å². The van der Waals surface area contributed by atoms with Crippen molar-refractivity contribution in [2.24, 2.45) is 0 Å². The number of halogens is 1. The fourth-order valence-corrected chi connectivity index (χ4v) is 6.43. The Morgan fingerprint density at radius 3 is 2.58 bits per heavy atom. The average molecular weight is 486 g/mol. The minimum atomic E-state index is -0.296. The first kappa shape index (κ1) is 21.9. The number of nitrogens with zero attached hydrogens (tertiary/aromatic N) is 5. The fourth-order valence-electron chi connectivity index (χ4n) is 6.43. The summed E-state index contributed by atoms with van der Waals surface area (Å²) in [6.45, 7) is 3.18. The maximum Gasteiger partial charge on any atom is 0.254 e. The Balaban J connectivity index is 1.17. The second-order valence-corrected chi connectivity index (χ2v) is 10.6. The molecule has 3 fully saturated rings. The van der Waals surface area contributed by atoms with Crippen LogP contribution < -0.4 is 4.90 Å². The van der Waals surface area contributed by atoms with Crippen LogP contribution in [0.5, 0.6) is 0 Å². The van der Waals surface area contributed by atoms with Gasteiger partial charge in [0.25, 0.3) is 5.91 Å². The number of carbonyl (C=O) groups excluding carboxylic acids is 1. The van der Waals surface area contributed by atoms with Crippen LogP contribution in [0.4, 0.5) is 16.0 Å². The number of piperazine rings is 1. The molecule has 2 aromatic carbocycles. The highest BCUT2D eigenvalue weighted by Crippen LogP contribution is 2.57. The van der Waals surface area contributed by atoms with Crippen molar-refractivity contribution in [3.05, 3.63) is 71.8 Å². The first-order chi connectivity index (χ1) is 17.6. The summed E-state index contributed by atoms with van der Waals surface area (Å²) in [6.07, 6.45) is 6.56. The predicted octanol–water partition coefficient (Wildman–Crippen LogP) is 3.36. The second kappa shape index (κ2) is 8.08. The number of anilines is 2. The quantitative estimate of drug-likeness (QED) is 0.598. The summed E-state index contributed by atoms with van der Waals surface area (Å²) < 4.78 is 14.2. The summed E-state index contributed by atoms with van der Waals surface area (Å²) in [6, 6.07) is 13.3. The van der Waals surface area contributed by atoms with Gasteiger partial charge in [-0.25, -0.2) is 14.4 Å². The van der Waals surface area contributed by atoms with E-state index in [0.717, 1.165) is 44.6 Å². The molecule has 7 rings (SSSR count). The molecule has 1 amide bonds. The largest absolute Gasteiger partial charge is 0.395 e. The van der Waals surface area contributed by atoms with Crippen LogP contribution in [0.15, 0.2) is 54.9 Å². The van der Waals surface area contributed by atoms with Crippen molar-refractivity contribution in [2.75, 3.05) is 37.7 Å². The van der Waals surface area contributed by atoms with Gasteiger partial charge in [0, 0.05) is 78.4 Å². The molecule has 2 unspecified atom stereocenters. The zero-order valence-electron chi connectivity index (χ0n) is 20.0. The molecule has 3 aromatic rings. The minimum Gasteiger partial charge on any atom is -0.395 e. The number of rotatable bonds is 5. The Labute approximate surface area is 209 Å². The third kappa shape index (κ3) is 3.35. The monoisotopic (exact) mass is 485 g/mol. The molecule has 3 aliphatic heterocycles. The van der Waals surface area contributed by atoms with E-state index < -0.39 is 0 Å². The highest BCUT2D eigenvalue weighted by Gasteiger charge is 2.53. The number of likely N-dealkylation sites (tertiary alicyclic amines) is 2. The summed E-state index contributed by atoms with van der Waals surface area (Å²) in [4.78, 5) is 29.2. The molecule has 7 nitrogen and oxygen atoms in total. The van der Waals surface area contributed by atoms with Gasteiger partial charge in [0.15, 0.2) is 0 Å². The highest BCUT2D eigenvalue weighted by atomic mass is 19.1. The molecule has 4 heterocycles. The Morgan fingerprint density at radius 1 is 1.08 bits per heavy atom. The molecule has 2 atom stereocenters. The lowest BCUT2D eigenvalue weighted by molar-refractivity contribution is 0.0603. The molecule has 184 valence electrons. The number of aromatic nitrogens is 2. The van der Waals surface area contributed by atoms with E-state index in [4.69, 9.17) is 0 Å². The van der Waals surface area contributed by atoms with E-state index >= 15 is 0 Å². The third-order valence-corrected chi connectivity index (χ3v) is 8.49. The molecule has 2 saturated heterocycles. The van der Waals surface area contributed by atoms with Crippen LogP contribution in [0.3, 0.4) is 0 Å². The topological polar surface area (TPSA) is 72.8 Å². The maximum absolute atomic E-state index is 14.2. The first-order valence-corrected chi connectivity index (χ1v) is 12.7. The third-order valence-electron chi connectivity index (χ3n) is 8.49. The molecular formula is C28H28FN5O2. The van der Waals surface area contributed by atoms with Gasteiger partial charge >= 0.3 is 0 Å². The fraction of sp³-hybridized carbons (Fsp3) is 0.393. The van der Waals surface area contributed by atoms with Crippen molar-refractivity contribution in [1.29, 1.82) is 0 Å². The van der Waals surface area contributed by atoms with Crippen LogP contribution in [0.1, 0.15) is 35.2 Å². The smallest absolute Gasteiger partial charge is 0.254 e. The van der Waals surface area contributed by atoms with Crippen molar-refractivity contribution in [2.45, 2.75) is 36.8 Å². The predicted molar refractivity (Wildman–Crippen MR) is 134 cm³/mol. The number of benzene rings is 2. The Hall–Kier alpha value is -3.36. The maximum atomic E-state index is 14.2. The highest BCUT2D eigenvalue weighted by molar-refractivity contribution is 5.96. The van der Waals surface area contributed by atoms with Gasteiger partial charge < -0.3 is 14.9 Å². The summed E-state index contributed by atoms with van der Waals surface area (Å²) in [5.74, 6) is 0.349. The number of aliphatic hydroxyl groups excluding tert-OH is 1. The van der Waals surface area contributed by atoms with Gasteiger partial charge in [-0.2, -0.15) is 0 Å². The molecular weight excluding hydrogens is 457 g/mol. The molecule has 0 radical (unpaired) electrons. The van der Waals surface area contributed by atoms with Crippen LogP contribution in [0.25, 0.3) is 11.1 Å². The Bertz CT molecular complexity index is 1340. The van der Waals surface area contributed by atoms with E-state index in [1.54, 1.807) is 30.6 Å². The molecule has 1 aromatic heterocycles. The number of amides is 1. The number of aliphatic hydroxyl groups is 1. The lowest BCUT2D eigenvalue weighted by atomic mass is 9.97. The van der Waals surface area contributed by atoms with Crippen LogP contribution in [0.2, 0.25) is 0 Å². The molecule has 36 heavy (non-hydrogen) atoms.